The van der Waals surface area contributed by atoms with Crippen LogP contribution in [0.25, 0.3) is 0 Å². The number of ether oxygens (including phenoxy) is 1. The lowest BCUT2D eigenvalue weighted by molar-refractivity contribution is -0.145. The molecule has 92 valence electrons. The minimum absolute atomic E-state index is 0.0585. The highest BCUT2D eigenvalue weighted by molar-refractivity contribution is 5.86. The van der Waals surface area contributed by atoms with Crippen molar-refractivity contribution in [1.29, 1.82) is 0 Å². The van der Waals surface area contributed by atoms with Crippen LogP contribution in [-0.4, -0.2) is 43.5 Å². The number of rotatable bonds is 6. The zero-order chi connectivity index (χ0) is 12.0. The second-order valence-corrected chi connectivity index (χ2v) is 4.11. The lowest BCUT2D eigenvalue weighted by atomic mass is 10.1. The Balaban J connectivity index is 2.28. The first-order valence-electron chi connectivity index (χ1n) is 5.74. The largest absolute Gasteiger partial charge is 0.469 e. The Morgan fingerprint density at radius 2 is 2.25 bits per heavy atom. The number of nitrogens with zero attached hydrogens (tertiary/aromatic N) is 1. The normalized spacial score (nSPS) is 20.2. The Labute approximate surface area is 95.9 Å². The Bertz CT molecular complexity index is 256. The molecule has 1 rings (SSSR count). The van der Waals surface area contributed by atoms with Gasteiger partial charge in [0, 0.05) is 19.5 Å². The smallest absolute Gasteiger partial charge is 0.310 e. The standard InChI is InChI=1S/C11H20N2O3/c1-16-11(15)9-7-10(14)13(8-9)6-4-2-3-5-12/h9H,2-8,12H2,1H3. The number of methoxy groups -OCH3 is 1. The third-order valence-electron chi connectivity index (χ3n) is 2.88. The summed E-state index contributed by atoms with van der Waals surface area (Å²) in [4.78, 5) is 24.6. The maximum Gasteiger partial charge on any atom is 0.310 e. The summed E-state index contributed by atoms with van der Waals surface area (Å²) in [7, 11) is 1.36. The quantitative estimate of drug-likeness (QED) is 0.518. The van der Waals surface area contributed by atoms with Gasteiger partial charge in [0.1, 0.15) is 0 Å². The molecular formula is C11H20N2O3. The van der Waals surface area contributed by atoms with E-state index in [1.54, 1.807) is 4.90 Å². The molecule has 1 atom stereocenters. The fourth-order valence-corrected chi connectivity index (χ4v) is 1.94. The molecule has 0 aliphatic carbocycles. The van der Waals surface area contributed by atoms with Crippen LogP contribution in [0, 0.1) is 5.92 Å². The minimum Gasteiger partial charge on any atom is -0.469 e. The van der Waals surface area contributed by atoms with Crippen LogP contribution in [0.15, 0.2) is 0 Å². The molecule has 1 amide bonds. The summed E-state index contributed by atoms with van der Waals surface area (Å²) in [6.07, 6.45) is 3.27. The topological polar surface area (TPSA) is 72.6 Å². The number of esters is 1. The van der Waals surface area contributed by atoms with Gasteiger partial charge in [0.05, 0.1) is 13.0 Å². The van der Waals surface area contributed by atoms with E-state index in [4.69, 9.17) is 5.73 Å². The third kappa shape index (κ3) is 3.48. The fourth-order valence-electron chi connectivity index (χ4n) is 1.94. The molecule has 0 aromatic heterocycles. The molecule has 0 aromatic rings. The predicted molar refractivity (Wildman–Crippen MR) is 59.6 cm³/mol. The van der Waals surface area contributed by atoms with Gasteiger partial charge in [-0.2, -0.15) is 0 Å². The number of carbonyl (C=O) groups excluding carboxylic acids is 2. The van der Waals surface area contributed by atoms with Gasteiger partial charge in [0.25, 0.3) is 0 Å². The van der Waals surface area contributed by atoms with Crippen LogP contribution in [0.3, 0.4) is 0 Å². The zero-order valence-corrected chi connectivity index (χ0v) is 9.78. The van der Waals surface area contributed by atoms with Crippen LogP contribution in [0.1, 0.15) is 25.7 Å². The van der Waals surface area contributed by atoms with Crippen LogP contribution in [0.5, 0.6) is 0 Å². The lowest BCUT2D eigenvalue weighted by Crippen LogP contribution is -2.27. The minimum atomic E-state index is -0.280. The summed E-state index contributed by atoms with van der Waals surface area (Å²) in [5.74, 6) is -0.493. The molecule has 0 bridgehead atoms. The van der Waals surface area contributed by atoms with E-state index in [9.17, 15) is 9.59 Å². The van der Waals surface area contributed by atoms with E-state index in [-0.39, 0.29) is 17.8 Å². The molecule has 0 aromatic carbocycles. The van der Waals surface area contributed by atoms with Gasteiger partial charge in [0.15, 0.2) is 0 Å². The lowest BCUT2D eigenvalue weighted by Gasteiger charge is -2.15. The van der Waals surface area contributed by atoms with E-state index >= 15 is 0 Å². The van der Waals surface area contributed by atoms with E-state index in [0.29, 0.717) is 19.5 Å². The SMILES string of the molecule is COC(=O)C1CC(=O)N(CCCCCN)C1. The average Bonchev–Trinajstić information content (AvgIpc) is 2.65. The van der Waals surface area contributed by atoms with Crippen LogP contribution in [-0.2, 0) is 14.3 Å². The highest BCUT2D eigenvalue weighted by atomic mass is 16.5. The number of unbranched alkanes of at least 4 members (excludes halogenated alkanes) is 2. The molecule has 1 aliphatic rings. The van der Waals surface area contributed by atoms with Crippen molar-refractivity contribution in [3.8, 4) is 0 Å². The number of hydrogen-bond donors (Lipinski definition) is 1. The second kappa shape index (κ2) is 6.48. The number of hydrogen-bond acceptors (Lipinski definition) is 4. The number of amides is 1. The summed E-state index contributed by atoms with van der Waals surface area (Å²) in [5, 5.41) is 0. The molecule has 5 nitrogen and oxygen atoms in total. The van der Waals surface area contributed by atoms with E-state index in [0.717, 1.165) is 25.8 Å². The Hall–Kier alpha value is -1.10. The molecule has 5 heteroatoms. The summed E-state index contributed by atoms with van der Waals surface area (Å²) < 4.78 is 4.64. The van der Waals surface area contributed by atoms with Gasteiger partial charge in [-0.3, -0.25) is 9.59 Å². The first kappa shape index (κ1) is 13.0. The summed E-state index contributed by atoms with van der Waals surface area (Å²) in [5.41, 5.74) is 5.39. The van der Waals surface area contributed by atoms with E-state index in [1.165, 1.54) is 7.11 Å². The van der Waals surface area contributed by atoms with Crippen molar-refractivity contribution in [2.45, 2.75) is 25.7 Å². The van der Waals surface area contributed by atoms with E-state index in [1.807, 2.05) is 0 Å². The van der Waals surface area contributed by atoms with Gasteiger partial charge in [-0.05, 0) is 19.4 Å². The number of nitrogens with two attached hydrogens (primary N) is 1. The molecule has 0 saturated carbocycles. The second-order valence-electron chi connectivity index (χ2n) is 4.11. The Kier molecular flexibility index (Phi) is 5.25. The molecule has 0 spiro atoms. The average molecular weight is 228 g/mol. The highest BCUT2D eigenvalue weighted by Gasteiger charge is 2.34. The summed E-state index contributed by atoms with van der Waals surface area (Å²) in [6.45, 7) is 1.93. The van der Waals surface area contributed by atoms with Crippen molar-refractivity contribution in [3.63, 3.8) is 0 Å². The van der Waals surface area contributed by atoms with Crippen molar-refractivity contribution in [2.75, 3.05) is 26.7 Å². The van der Waals surface area contributed by atoms with Crippen LogP contribution in [0.4, 0.5) is 0 Å². The fraction of sp³-hybridized carbons (Fsp3) is 0.818. The van der Waals surface area contributed by atoms with Crippen molar-refractivity contribution >= 4 is 11.9 Å². The van der Waals surface area contributed by atoms with E-state index < -0.39 is 0 Å². The first-order chi connectivity index (χ1) is 7.69. The van der Waals surface area contributed by atoms with Crippen LogP contribution >= 0.6 is 0 Å². The zero-order valence-electron chi connectivity index (χ0n) is 9.78. The monoisotopic (exact) mass is 228 g/mol. The van der Waals surface area contributed by atoms with Crippen LogP contribution in [0.2, 0.25) is 0 Å². The Morgan fingerprint density at radius 1 is 1.50 bits per heavy atom. The maximum atomic E-state index is 11.6. The van der Waals surface area contributed by atoms with Gasteiger partial charge in [0.2, 0.25) is 5.91 Å². The molecular weight excluding hydrogens is 208 g/mol. The molecule has 1 unspecified atom stereocenters. The summed E-state index contributed by atoms with van der Waals surface area (Å²) >= 11 is 0. The first-order valence-corrected chi connectivity index (χ1v) is 5.74. The van der Waals surface area contributed by atoms with Gasteiger partial charge in [-0.15, -0.1) is 0 Å². The molecule has 1 fully saturated rings. The van der Waals surface area contributed by atoms with Crippen molar-refractivity contribution < 1.29 is 14.3 Å². The van der Waals surface area contributed by atoms with Gasteiger partial charge in [-0.1, -0.05) is 6.42 Å². The maximum absolute atomic E-state index is 11.6. The molecule has 1 aliphatic heterocycles. The predicted octanol–water partition coefficient (Wildman–Crippen LogP) is 0.137. The van der Waals surface area contributed by atoms with Gasteiger partial charge < -0.3 is 15.4 Å². The van der Waals surface area contributed by atoms with Crippen LogP contribution < -0.4 is 5.73 Å². The van der Waals surface area contributed by atoms with Crippen molar-refractivity contribution in [3.05, 3.63) is 0 Å². The number of carbonyl (C=O) groups is 2. The van der Waals surface area contributed by atoms with Crippen molar-refractivity contribution in [1.82, 2.24) is 4.90 Å². The number of likely N-dealkylation sites (tertiary alicyclic amines) is 1. The van der Waals surface area contributed by atoms with E-state index in [2.05, 4.69) is 4.74 Å². The molecule has 16 heavy (non-hydrogen) atoms. The molecule has 0 radical (unpaired) electrons. The summed E-state index contributed by atoms with van der Waals surface area (Å²) in [6, 6.07) is 0. The molecule has 1 heterocycles. The van der Waals surface area contributed by atoms with Gasteiger partial charge >= 0.3 is 5.97 Å². The van der Waals surface area contributed by atoms with Crippen molar-refractivity contribution in [2.24, 2.45) is 11.7 Å². The van der Waals surface area contributed by atoms with Gasteiger partial charge in [-0.25, -0.2) is 0 Å². The third-order valence-corrected chi connectivity index (χ3v) is 2.88. The molecule has 2 N–H and O–H groups in total. The molecule has 1 saturated heterocycles. The highest BCUT2D eigenvalue weighted by Crippen LogP contribution is 2.19. The Morgan fingerprint density at radius 3 is 2.88 bits per heavy atom.